The molecule has 1 aromatic heterocycles. The fourth-order valence-electron chi connectivity index (χ4n) is 3.60. The lowest BCUT2D eigenvalue weighted by Crippen LogP contribution is -2.38. The van der Waals surface area contributed by atoms with E-state index in [0.29, 0.717) is 24.0 Å². The molecule has 0 saturated heterocycles. The smallest absolute Gasteiger partial charge is 0.358 e. The molecule has 2 aromatic carbocycles. The average Bonchev–Trinajstić information content (AvgIpc) is 2.81. The van der Waals surface area contributed by atoms with Gasteiger partial charge in [-0.25, -0.2) is 4.39 Å². The average molecular weight is 459 g/mol. The molecule has 0 saturated carbocycles. The first-order valence-electron chi connectivity index (χ1n) is 10.5. The predicted molar refractivity (Wildman–Crippen MR) is 118 cm³/mol. The number of nitrogens with one attached hydrogen (secondary N) is 2. The zero-order chi connectivity index (χ0) is 24.0. The summed E-state index contributed by atoms with van der Waals surface area (Å²) < 4.78 is 52.3. The molecule has 2 atom stereocenters. The molecule has 174 valence electrons. The molecule has 0 fully saturated rings. The van der Waals surface area contributed by atoms with Crippen LogP contribution in [0.5, 0.6) is 0 Å². The van der Waals surface area contributed by atoms with Crippen LogP contribution in [-0.4, -0.2) is 17.9 Å². The van der Waals surface area contributed by atoms with Crippen molar-refractivity contribution < 1.29 is 22.4 Å². The van der Waals surface area contributed by atoms with Crippen LogP contribution in [0, 0.1) is 12.7 Å². The maximum absolute atomic E-state index is 13.9. The number of carbonyl (C=O) groups excluding carboxylic acids is 1. The maximum Gasteiger partial charge on any atom is 0.433 e. The normalized spacial score (nSPS) is 13.4. The van der Waals surface area contributed by atoms with Gasteiger partial charge in [-0.2, -0.15) is 13.2 Å². The van der Waals surface area contributed by atoms with Gasteiger partial charge in [0.15, 0.2) is 0 Å². The van der Waals surface area contributed by atoms with Crippen molar-refractivity contribution in [2.45, 2.75) is 38.0 Å². The Labute approximate surface area is 190 Å². The summed E-state index contributed by atoms with van der Waals surface area (Å²) in [5.74, 6) is -0.573. The van der Waals surface area contributed by atoms with Gasteiger partial charge >= 0.3 is 6.18 Å². The zero-order valence-corrected chi connectivity index (χ0v) is 18.3. The van der Waals surface area contributed by atoms with Crippen molar-refractivity contribution in [2.75, 3.05) is 7.05 Å². The number of amides is 1. The maximum atomic E-state index is 13.9. The summed E-state index contributed by atoms with van der Waals surface area (Å²) in [6.45, 7) is 1.66. The Balaban J connectivity index is 1.87. The van der Waals surface area contributed by atoms with E-state index in [4.69, 9.17) is 0 Å². The van der Waals surface area contributed by atoms with Crippen molar-refractivity contribution in [2.24, 2.45) is 0 Å². The number of aromatic nitrogens is 1. The van der Waals surface area contributed by atoms with Crippen LogP contribution in [0.1, 0.15) is 46.5 Å². The van der Waals surface area contributed by atoms with Gasteiger partial charge < -0.3 is 5.32 Å². The molecule has 0 aliphatic heterocycles. The number of alkyl halides is 3. The van der Waals surface area contributed by atoms with E-state index in [-0.39, 0.29) is 17.8 Å². The summed E-state index contributed by atoms with van der Waals surface area (Å²) in [6, 6.07) is 15.2. The molecule has 0 aliphatic carbocycles. The number of carbonyl (C=O) groups is 1. The van der Waals surface area contributed by atoms with Crippen molar-refractivity contribution in [3.63, 3.8) is 0 Å². The summed E-state index contributed by atoms with van der Waals surface area (Å²) >= 11 is 0. The topological polar surface area (TPSA) is 54.0 Å². The van der Waals surface area contributed by atoms with Crippen molar-refractivity contribution in [3.05, 3.63) is 101 Å². The molecule has 0 spiro atoms. The van der Waals surface area contributed by atoms with E-state index >= 15 is 0 Å². The lowest BCUT2D eigenvalue weighted by molar-refractivity contribution is -0.141. The van der Waals surface area contributed by atoms with E-state index < -0.39 is 17.9 Å². The van der Waals surface area contributed by atoms with Crippen LogP contribution >= 0.6 is 0 Å². The summed E-state index contributed by atoms with van der Waals surface area (Å²) in [7, 11) is 1.55. The largest absolute Gasteiger partial charge is 0.433 e. The molecule has 3 rings (SSSR count). The van der Waals surface area contributed by atoms with Gasteiger partial charge in [-0.05, 0) is 54.2 Å². The Morgan fingerprint density at radius 1 is 1.03 bits per heavy atom. The lowest BCUT2D eigenvalue weighted by Gasteiger charge is -2.26. The summed E-state index contributed by atoms with van der Waals surface area (Å²) in [5, 5.41) is 6.01. The number of likely N-dealkylation sites (N-methyl/N-ethyl adjacent to an activating group) is 1. The Morgan fingerprint density at radius 3 is 2.33 bits per heavy atom. The molecule has 4 nitrogen and oxygen atoms in total. The van der Waals surface area contributed by atoms with Gasteiger partial charge in [-0.3, -0.25) is 15.1 Å². The highest BCUT2D eigenvalue weighted by Gasteiger charge is 2.32. The molecule has 33 heavy (non-hydrogen) atoms. The minimum atomic E-state index is -4.50. The summed E-state index contributed by atoms with van der Waals surface area (Å²) in [6.07, 6.45) is -2.42. The fourth-order valence-corrected chi connectivity index (χ4v) is 3.60. The molecule has 8 heteroatoms. The second kappa shape index (κ2) is 10.6. The highest BCUT2D eigenvalue weighted by atomic mass is 19.4. The molecule has 0 bridgehead atoms. The van der Waals surface area contributed by atoms with Crippen molar-refractivity contribution in [1.29, 1.82) is 0 Å². The van der Waals surface area contributed by atoms with Crippen molar-refractivity contribution in [3.8, 4) is 0 Å². The Bertz CT molecular complexity index is 1070. The van der Waals surface area contributed by atoms with Crippen molar-refractivity contribution in [1.82, 2.24) is 15.6 Å². The van der Waals surface area contributed by atoms with Gasteiger partial charge in [0.1, 0.15) is 17.6 Å². The van der Waals surface area contributed by atoms with Gasteiger partial charge in [0.25, 0.3) is 0 Å². The van der Waals surface area contributed by atoms with Crippen molar-refractivity contribution >= 4 is 5.91 Å². The van der Waals surface area contributed by atoms with Crippen LogP contribution in [-0.2, 0) is 17.4 Å². The number of halogens is 4. The SMILES string of the molecule is CNC(=O)C(NC(CCc1ccc(C(F)(F)F)nc1)c1ccc(F)c(C)c1)c1ccccc1. The molecule has 3 aromatic rings. The number of hydrogen-bond acceptors (Lipinski definition) is 3. The number of rotatable bonds is 8. The lowest BCUT2D eigenvalue weighted by atomic mass is 9.95. The molecule has 1 amide bonds. The van der Waals surface area contributed by atoms with E-state index in [1.165, 1.54) is 18.3 Å². The van der Waals surface area contributed by atoms with Crippen LogP contribution < -0.4 is 10.6 Å². The van der Waals surface area contributed by atoms with E-state index in [1.54, 1.807) is 26.1 Å². The number of nitrogens with zero attached hydrogens (tertiary/aromatic N) is 1. The molecule has 0 aliphatic rings. The summed E-state index contributed by atoms with van der Waals surface area (Å²) in [4.78, 5) is 16.2. The second-order valence-corrected chi connectivity index (χ2v) is 7.77. The first-order valence-corrected chi connectivity index (χ1v) is 10.5. The summed E-state index contributed by atoms with van der Waals surface area (Å²) in [5.41, 5.74) is 1.69. The predicted octanol–water partition coefficient (Wildman–Crippen LogP) is 5.30. The van der Waals surface area contributed by atoms with E-state index in [0.717, 1.165) is 17.2 Å². The van der Waals surface area contributed by atoms with Crippen LogP contribution in [0.25, 0.3) is 0 Å². The second-order valence-electron chi connectivity index (χ2n) is 7.77. The third-order valence-electron chi connectivity index (χ3n) is 5.43. The standard InChI is InChI=1S/C25H25F4N3O/c1-16-14-19(10-11-20(16)26)21(12-8-17-9-13-22(31-15-17)25(27,28)29)32-23(24(33)30-2)18-6-4-3-5-7-18/h3-7,9-11,13-15,21,23,32H,8,12H2,1-2H3,(H,30,33). The van der Waals surface area contributed by atoms with Crippen LogP contribution in [0.4, 0.5) is 17.6 Å². The Hall–Kier alpha value is -3.26. The van der Waals surface area contributed by atoms with Gasteiger partial charge in [0.2, 0.25) is 5.91 Å². The van der Waals surface area contributed by atoms with Gasteiger partial charge in [-0.1, -0.05) is 48.5 Å². The van der Waals surface area contributed by atoms with Crippen LogP contribution in [0.3, 0.4) is 0 Å². The first-order chi connectivity index (χ1) is 15.7. The Morgan fingerprint density at radius 2 is 1.76 bits per heavy atom. The first kappa shape index (κ1) is 24.4. The molecule has 2 unspecified atom stereocenters. The third kappa shape index (κ3) is 6.38. The Kier molecular flexibility index (Phi) is 7.81. The number of hydrogen-bond donors (Lipinski definition) is 2. The fraction of sp³-hybridized carbons (Fsp3) is 0.280. The van der Waals surface area contributed by atoms with E-state index in [2.05, 4.69) is 15.6 Å². The van der Waals surface area contributed by atoms with E-state index in [1.807, 2.05) is 30.3 Å². The molecule has 2 N–H and O–H groups in total. The molecular formula is C25H25F4N3O. The number of pyridine rings is 1. The molecule has 1 heterocycles. The number of aryl methyl sites for hydroxylation is 2. The quantitative estimate of drug-likeness (QED) is 0.450. The van der Waals surface area contributed by atoms with Crippen LogP contribution in [0.2, 0.25) is 0 Å². The third-order valence-corrected chi connectivity index (χ3v) is 5.43. The van der Waals surface area contributed by atoms with Gasteiger partial charge in [0.05, 0.1) is 0 Å². The molecule has 0 radical (unpaired) electrons. The van der Waals surface area contributed by atoms with Gasteiger partial charge in [0, 0.05) is 19.3 Å². The zero-order valence-electron chi connectivity index (χ0n) is 18.3. The van der Waals surface area contributed by atoms with E-state index in [9.17, 15) is 22.4 Å². The molecular weight excluding hydrogens is 434 g/mol. The monoisotopic (exact) mass is 459 g/mol. The highest BCUT2D eigenvalue weighted by molar-refractivity contribution is 5.83. The number of benzene rings is 2. The highest BCUT2D eigenvalue weighted by Crippen LogP contribution is 2.29. The van der Waals surface area contributed by atoms with Crippen LogP contribution in [0.15, 0.2) is 66.9 Å². The minimum Gasteiger partial charge on any atom is -0.358 e. The minimum absolute atomic E-state index is 0.235. The van der Waals surface area contributed by atoms with Gasteiger partial charge in [-0.15, -0.1) is 0 Å².